The zero-order valence-electron chi connectivity index (χ0n) is 12.9. The summed E-state index contributed by atoms with van der Waals surface area (Å²) < 4.78 is 16.9. The molecule has 0 amide bonds. The molecule has 0 unspecified atom stereocenters. The van der Waals surface area contributed by atoms with Gasteiger partial charge in [-0.25, -0.2) is 4.98 Å². The highest BCUT2D eigenvalue weighted by atomic mass is 32.1. The summed E-state index contributed by atoms with van der Waals surface area (Å²) in [5, 5.41) is 0.957. The Balaban J connectivity index is 1.81. The molecule has 0 aliphatic heterocycles. The zero-order valence-corrected chi connectivity index (χ0v) is 13.7. The Hall–Kier alpha value is -2.37. The van der Waals surface area contributed by atoms with Crippen LogP contribution in [0.2, 0.25) is 0 Å². The molecule has 0 saturated heterocycles. The molecule has 0 bridgehead atoms. The second kappa shape index (κ2) is 7.26. The number of hydrogen-bond acceptors (Lipinski definition) is 5. The molecule has 1 radical (unpaired) electrons. The molecule has 1 heterocycles. The maximum atomic E-state index is 5.45. The van der Waals surface area contributed by atoms with E-state index in [9.17, 15) is 0 Å². The van der Waals surface area contributed by atoms with Gasteiger partial charge >= 0.3 is 0 Å². The third-order valence-corrected chi connectivity index (χ3v) is 4.19. The lowest BCUT2D eigenvalue weighted by Gasteiger charge is -2.10. The van der Waals surface area contributed by atoms with Crippen LogP contribution in [0.15, 0.2) is 36.4 Å². The maximum absolute atomic E-state index is 5.45. The first-order chi connectivity index (χ1) is 11.3. The van der Waals surface area contributed by atoms with Crippen molar-refractivity contribution in [2.75, 3.05) is 21.0 Å². The van der Waals surface area contributed by atoms with Crippen LogP contribution in [0.4, 0.5) is 0 Å². The van der Waals surface area contributed by atoms with E-state index >= 15 is 0 Å². The Kier molecular flexibility index (Phi) is 4.90. The quantitative estimate of drug-likeness (QED) is 0.635. The fraction of sp³-hybridized carbons (Fsp3) is 0.167. The van der Waals surface area contributed by atoms with E-state index < -0.39 is 0 Å². The van der Waals surface area contributed by atoms with Crippen molar-refractivity contribution in [3.8, 4) is 11.5 Å². The summed E-state index contributed by atoms with van der Waals surface area (Å²) in [6, 6.07) is 14.6. The zero-order chi connectivity index (χ0) is 16.1. The molecule has 2 aromatic carbocycles. The number of nitrogens with zero attached hydrogens (tertiary/aromatic N) is 1. The third-order valence-electron chi connectivity index (χ3n) is 3.19. The molecular formula is C18H16NO3S. The van der Waals surface area contributed by atoms with Gasteiger partial charge in [0.15, 0.2) is 18.3 Å². The largest absolute Gasteiger partial charge is 0.493 e. The van der Waals surface area contributed by atoms with E-state index in [0.29, 0.717) is 11.5 Å². The number of fused-ring (bicyclic) bond motifs is 1. The lowest BCUT2D eigenvalue weighted by atomic mass is 10.2. The highest BCUT2D eigenvalue weighted by Crippen LogP contribution is 2.29. The SMILES string of the molecule is COCOc1ccc(C=Cc2nc3c[c]ccc3s2)cc1OC. The van der Waals surface area contributed by atoms with Gasteiger partial charge in [0.2, 0.25) is 0 Å². The third kappa shape index (κ3) is 3.70. The molecule has 4 nitrogen and oxygen atoms in total. The number of aromatic nitrogens is 1. The van der Waals surface area contributed by atoms with Crippen molar-refractivity contribution >= 4 is 33.7 Å². The molecule has 0 aliphatic carbocycles. The first kappa shape index (κ1) is 15.5. The molecule has 23 heavy (non-hydrogen) atoms. The summed E-state index contributed by atoms with van der Waals surface area (Å²) in [4.78, 5) is 4.56. The van der Waals surface area contributed by atoms with Gasteiger partial charge in [-0.05, 0) is 42.0 Å². The highest BCUT2D eigenvalue weighted by molar-refractivity contribution is 7.19. The van der Waals surface area contributed by atoms with E-state index in [1.165, 1.54) is 0 Å². The summed E-state index contributed by atoms with van der Waals surface area (Å²) in [5.74, 6) is 1.32. The van der Waals surface area contributed by atoms with E-state index in [-0.39, 0.29) is 6.79 Å². The van der Waals surface area contributed by atoms with E-state index in [4.69, 9.17) is 14.2 Å². The van der Waals surface area contributed by atoms with Crippen LogP contribution in [0.5, 0.6) is 11.5 Å². The van der Waals surface area contributed by atoms with Crippen molar-refractivity contribution in [1.29, 1.82) is 0 Å². The Labute approximate surface area is 139 Å². The van der Waals surface area contributed by atoms with Crippen molar-refractivity contribution < 1.29 is 14.2 Å². The van der Waals surface area contributed by atoms with E-state index in [1.54, 1.807) is 25.6 Å². The molecule has 0 spiro atoms. The predicted octanol–water partition coefficient (Wildman–Crippen LogP) is 4.26. The number of thiazole rings is 1. The topological polar surface area (TPSA) is 40.6 Å². The Morgan fingerprint density at radius 1 is 1.17 bits per heavy atom. The normalized spacial score (nSPS) is 11.2. The van der Waals surface area contributed by atoms with Crippen LogP contribution in [0.3, 0.4) is 0 Å². The Morgan fingerprint density at radius 3 is 2.87 bits per heavy atom. The standard InChI is InChI=1S/C18H16NO3S/c1-20-12-22-15-9-7-13(11-16(15)21-2)8-10-18-19-14-5-3-4-6-17(14)23-18/h4-11H,12H2,1-2H3. The number of rotatable bonds is 6. The summed E-state index contributed by atoms with van der Waals surface area (Å²) >= 11 is 1.65. The average Bonchev–Trinajstić information content (AvgIpc) is 3.01. The average molecular weight is 326 g/mol. The minimum absolute atomic E-state index is 0.189. The van der Waals surface area contributed by atoms with Crippen molar-refractivity contribution in [3.05, 3.63) is 53.0 Å². The second-order valence-corrected chi connectivity index (χ2v) is 5.80. The molecule has 5 heteroatoms. The van der Waals surface area contributed by atoms with Gasteiger partial charge in [0.1, 0.15) is 5.01 Å². The molecule has 0 atom stereocenters. The van der Waals surface area contributed by atoms with Crippen LogP contribution in [0, 0.1) is 6.07 Å². The number of benzene rings is 2. The maximum Gasteiger partial charge on any atom is 0.188 e. The second-order valence-electron chi connectivity index (χ2n) is 4.74. The fourth-order valence-corrected chi connectivity index (χ4v) is 2.95. The molecule has 0 N–H and O–H groups in total. The first-order valence-electron chi connectivity index (χ1n) is 7.04. The molecule has 1 aromatic heterocycles. The summed E-state index contributed by atoms with van der Waals surface area (Å²) in [6.07, 6.45) is 4.00. The molecular weight excluding hydrogens is 310 g/mol. The predicted molar refractivity (Wildman–Crippen MR) is 92.9 cm³/mol. The highest BCUT2D eigenvalue weighted by Gasteiger charge is 2.05. The Morgan fingerprint density at radius 2 is 2.09 bits per heavy atom. The van der Waals surface area contributed by atoms with Gasteiger partial charge in [-0.1, -0.05) is 18.2 Å². The fourth-order valence-electron chi connectivity index (χ4n) is 2.10. The number of hydrogen-bond donors (Lipinski definition) is 0. The van der Waals surface area contributed by atoms with Crippen molar-refractivity contribution in [2.45, 2.75) is 0 Å². The van der Waals surface area contributed by atoms with Gasteiger partial charge in [-0.15, -0.1) is 11.3 Å². The molecule has 0 aliphatic rings. The molecule has 117 valence electrons. The summed E-state index contributed by atoms with van der Waals surface area (Å²) in [6.45, 7) is 0.189. The molecule has 0 fully saturated rings. The number of ether oxygens (including phenoxy) is 3. The number of methoxy groups -OCH3 is 2. The first-order valence-corrected chi connectivity index (χ1v) is 7.86. The van der Waals surface area contributed by atoms with Crippen molar-refractivity contribution in [3.63, 3.8) is 0 Å². The lowest BCUT2D eigenvalue weighted by molar-refractivity contribution is 0.0491. The van der Waals surface area contributed by atoms with Gasteiger partial charge in [0, 0.05) is 7.11 Å². The van der Waals surface area contributed by atoms with Gasteiger partial charge in [-0.3, -0.25) is 0 Å². The minimum Gasteiger partial charge on any atom is -0.493 e. The molecule has 3 rings (SSSR count). The summed E-state index contributed by atoms with van der Waals surface area (Å²) in [5.41, 5.74) is 1.98. The Bertz CT molecular complexity index is 793. The monoisotopic (exact) mass is 326 g/mol. The van der Waals surface area contributed by atoms with E-state index in [0.717, 1.165) is 20.8 Å². The minimum atomic E-state index is 0.189. The van der Waals surface area contributed by atoms with Gasteiger partial charge < -0.3 is 14.2 Å². The van der Waals surface area contributed by atoms with Crippen LogP contribution in [-0.2, 0) is 4.74 Å². The van der Waals surface area contributed by atoms with E-state index in [1.807, 2.05) is 48.6 Å². The van der Waals surface area contributed by atoms with Crippen LogP contribution >= 0.6 is 11.3 Å². The van der Waals surface area contributed by atoms with Crippen LogP contribution in [0.1, 0.15) is 10.6 Å². The molecule has 0 saturated carbocycles. The van der Waals surface area contributed by atoms with Crippen molar-refractivity contribution in [1.82, 2.24) is 4.98 Å². The van der Waals surface area contributed by atoms with Crippen LogP contribution in [0.25, 0.3) is 22.4 Å². The van der Waals surface area contributed by atoms with E-state index in [2.05, 4.69) is 11.1 Å². The van der Waals surface area contributed by atoms with Gasteiger partial charge in [0.05, 0.1) is 17.3 Å². The molecule has 3 aromatic rings. The van der Waals surface area contributed by atoms with Gasteiger partial charge in [-0.2, -0.15) is 0 Å². The van der Waals surface area contributed by atoms with Crippen LogP contribution < -0.4 is 9.47 Å². The lowest BCUT2D eigenvalue weighted by Crippen LogP contribution is -2.00. The summed E-state index contributed by atoms with van der Waals surface area (Å²) in [7, 11) is 3.20. The van der Waals surface area contributed by atoms with Gasteiger partial charge in [0.25, 0.3) is 0 Å². The smallest absolute Gasteiger partial charge is 0.188 e. The van der Waals surface area contributed by atoms with Crippen LogP contribution in [-0.4, -0.2) is 26.0 Å². The van der Waals surface area contributed by atoms with Crippen molar-refractivity contribution in [2.24, 2.45) is 0 Å².